The van der Waals surface area contributed by atoms with Gasteiger partial charge < -0.3 is 5.11 Å². The first kappa shape index (κ1) is 11.2. The zero-order valence-electron chi connectivity index (χ0n) is 10.1. The first-order valence-electron chi connectivity index (χ1n) is 5.75. The molecule has 2 rings (SSSR count). The minimum atomic E-state index is -0.698. The Morgan fingerprint density at radius 2 is 2.00 bits per heavy atom. The number of hydrogen-bond acceptors (Lipinski definition) is 1. The Kier molecular flexibility index (Phi) is 2.53. The van der Waals surface area contributed by atoms with E-state index < -0.39 is 5.97 Å². The predicted molar refractivity (Wildman–Crippen MR) is 63.8 cm³/mol. The van der Waals surface area contributed by atoms with Crippen LogP contribution in [-0.2, 0) is 16.6 Å². The lowest BCUT2D eigenvalue weighted by Crippen LogP contribution is -2.23. The molecule has 2 heteroatoms. The third-order valence-electron chi connectivity index (χ3n) is 3.83. The van der Waals surface area contributed by atoms with Crippen LogP contribution in [0.5, 0.6) is 0 Å². The zero-order chi connectivity index (χ0) is 11.9. The van der Waals surface area contributed by atoms with Crippen LogP contribution in [0.2, 0.25) is 0 Å². The van der Waals surface area contributed by atoms with Gasteiger partial charge in [0.1, 0.15) is 0 Å². The molecule has 16 heavy (non-hydrogen) atoms. The molecule has 0 spiro atoms. The first-order valence-corrected chi connectivity index (χ1v) is 5.75. The average molecular weight is 218 g/mol. The van der Waals surface area contributed by atoms with Crippen LogP contribution in [0.15, 0.2) is 12.1 Å². The van der Waals surface area contributed by atoms with Crippen molar-refractivity contribution in [2.24, 2.45) is 0 Å². The lowest BCUT2D eigenvalue weighted by Gasteiger charge is -2.25. The largest absolute Gasteiger partial charge is 0.481 e. The van der Waals surface area contributed by atoms with Crippen LogP contribution < -0.4 is 0 Å². The molecule has 0 aliphatic heterocycles. The van der Waals surface area contributed by atoms with E-state index in [1.54, 1.807) is 0 Å². The van der Waals surface area contributed by atoms with E-state index in [1.807, 2.05) is 0 Å². The monoisotopic (exact) mass is 218 g/mol. The van der Waals surface area contributed by atoms with E-state index in [1.165, 1.54) is 22.3 Å². The SMILES string of the molecule is Cc1ccc(C)c2c1CCC2(C)CC(=O)O. The molecule has 0 heterocycles. The van der Waals surface area contributed by atoms with Crippen molar-refractivity contribution < 1.29 is 9.90 Å². The van der Waals surface area contributed by atoms with Crippen LogP contribution >= 0.6 is 0 Å². The maximum absolute atomic E-state index is 11.0. The standard InChI is InChI=1S/C14H18O2/c1-9-4-5-10(2)13-11(9)6-7-14(13,3)8-12(15)16/h4-5H,6-8H2,1-3H3,(H,15,16). The third-order valence-corrected chi connectivity index (χ3v) is 3.83. The molecule has 1 unspecified atom stereocenters. The van der Waals surface area contributed by atoms with Gasteiger partial charge in [0.15, 0.2) is 0 Å². The van der Waals surface area contributed by atoms with Gasteiger partial charge in [0.05, 0.1) is 6.42 Å². The lowest BCUT2D eigenvalue weighted by molar-refractivity contribution is -0.138. The van der Waals surface area contributed by atoms with Gasteiger partial charge in [-0.2, -0.15) is 0 Å². The molecule has 0 saturated carbocycles. The summed E-state index contributed by atoms with van der Waals surface area (Å²) in [5, 5.41) is 9.02. The van der Waals surface area contributed by atoms with Gasteiger partial charge in [0, 0.05) is 5.41 Å². The summed E-state index contributed by atoms with van der Waals surface area (Å²) in [5.74, 6) is -0.698. The Bertz CT molecular complexity index is 448. The van der Waals surface area contributed by atoms with Gasteiger partial charge in [-0.05, 0) is 48.9 Å². The van der Waals surface area contributed by atoms with Crippen molar-refractivity contribution in [3.05, 3.63) is 34.4 Å². The molecular weight excluding hydrogens is 200 g/mol. The molecule has 1 aliphatic carbocycles. The summed E-state index contributed by atoms with van der Waals surface area (Å²) in [5.41, 5.74) is 5.03. The quantitative estimate of drug-likeness (QED) is 0.828. The Morgan fingerprint density at radius 3 is 2.62 bits per heavy atom. The molecular formula is C14H18O2. The fraction of sp³-hybridized carbons (Fsp3) is 0.500. The fourth-order valence-corrected chi connectivity index (χ4v) is 3.07. The zero-order valence-corrected chi connectivity index (χ0v) is 10.1. The summed E-state index contributed by atoms with van der Waals surface area (Å²) < 4.78 is 0. The van der Waals surface area contributed by atoms with Gasteiger partial charge >= 0.3 is 5.97 Å². The molecule has 1 atom stereocenters. The van der Waals surface area contributed by atoms with Crippen LogP contribution in [0, 0.1) is 13.8 Å². The van der Waals surface area contributed by atoms with Crippen molar-refractivity contribution in [1.82, 2.24) is 0 Å². The van der Waals surface area contributed by atoms with Crippen molar-refractivity contribution in [1.29, 1.82) is 0 Å². The highest BCUT2D eigenvalue weighted by Gasteiger charge is 2.37. The molecule has 1 aliphatic rings. The number of fused-ring (bicyclic) bond motifs is 1. The van der Waals surface area contributed by atoms with Gasteiger partial charge in [-0.3, -0.25) is 4.79 Å². The molecule has 0 radical (unpaired) electrons. The van der Waals surface area contributed by atoms with Crippen molar-refractivity contribution in [3.8, 4) is 0 Å². The van der Waals surface area contributed by atoms with Crippen molar-refractivity contribution in [3.63, 3.8) is 0 Å². The number of hydrogen-bond donors (Lipinski definition) is 1. The number of rotatable bonds is 2. The number of benzene rings is 1. The maximum Gasteiger partial charge on any atom is 0.304 e. The highest BCUT2D eigenvalue weighted by molar-refractivity contribution is 5.70. The molecule has 0 fully saturated rings. The summed E-state index contributed by atoms with van der Waals surface area (Å²) in [7, 11) is 0. The Balaban J connectivity index is 2.53. The van der Waals surface area contributed by atoms with Gasteiger partial charge in [0.2, 0.25) is 0 Å². The van der Waals surface area contributed by atoms with E-state index in [2.05, 4.69) is 32.9 Å². The highest BCUT2D eigenvalue weighted by atomic mass is 16.4. The molecule has 0 bridgehead atoms. The van der Waals surface area contributed by atoms with Gasteiger partial charge in [-0.15, -0.1) is 0 Å². The van der Waals surface area contributed by atoms with Crippen molar-refractivity contribution in [2.45, 2.75) is 45.4 Å². The van der Waals surface area contributed by atoms with Gasteiger partial charge in [-0.25, -0.2) is 0 Å². The summed E-state index contributed by atoms with van der Waals surface area (Å²) in [4.78, 5) is 11.0. The summed E-state index contributed by atoms with van der Waals surface area (Å²) in [6.45, 7) is 6.29. The van der Waals surface area contributed by atoms with E-state index in [0.29, 0.717) is 0 Å². The second-order valence-electron chi connectivity index (χ2n) is 5.18. The van der Waals surface area contributed by atoms with Crippen LogP contribution in [-0.4, -0.2) is 11.1 Å². The Hall–Kier alpha value is -1.31. The van der Waals surface area contributed by atoms with E-state index in [-0.39, 0.29) is 11.8 Å². The highest BCUT2D eigenvalue weighted by Crippen LogP contribution is 2.44. The molecule has 0 aromatic heterocycles. The third kappa shape index (κ3) is 1.62. The Morgan fingerprint density at radius 1 is 1.38 bits per heavy atom. The Labute approximate surface area is 96.3 Å². The van der Waals surface area contributed by atoms with E-state index >= 15 is 0 Å². The maximum atomic E-state index is 11.0. The molecule has 1 aromatic rings. The molecule has 2 nitrogen and oxygen atoms in total. The smallest absolute Gasteiger partial charge is 0.304 e. The van der Waals surface area contributed by atoms with E-state index in [9.17, 15) is 4.79 Å². The normalized spacial score (nSPS) is 23.2. The minimum Gasteiger partial charge on any atom is -0.481 e. The first-order chi connectivity index (χ1) is 7.44. The number of carboxylic acid groups (broad SMARTS) is 1. The molecule has 0 saturated heterocycles. The second-order valence-corrected chi connectivity index (χ2v) is 5.18. The van der Waals surface area contributed by atoms with Crippen LogP contribution in [0.1, 0.15) is 42.0 Å². The number of carbonyl (C=O) groups is 1. The molecule has 1 aromatic carbocycles. The van der Waals surface area contributed by atoms with E-state index in [4.69, 9.17) is 5.11 Å². The summed E-state index contributed by atoms with van der Waals surface area (Å²) in [6.07, 6.45) is 2.22. The lowest BCUT2D eigenvalue weighted by atomic mass is 9.78. The number of aliphatic carboxylic acids is 1. The van der Waals surface area contributed by atoms with Crippen molar-refractivity contribution in [2.75, 3.05) is 0 Å². The fourth-order valence-electron chi connectivity index (χ4n) is 3.07. The molecule has 1 N–H and O–H groups in total. The van der Waals surface area contributed by atoms with Crippen molar-refractivity contribution >= 4 is 5.97 Å². The van der Waals surface area contributed by atoms with Crippen LogP contribution in [0.4, 0.5) is 0 Å². The average Bonchev–Trinajstić information content (AvgIpc) is 2.50. The van der Waals surface area contributed by atoms with Gasteiger partial charge in [-0.1, -0.05) is 19.1 Å². The minimum absolute atomic E-state index is 0.169. The molecule has 86 valence electrons. The second kappa shape index (κ2) is 3.62. The summed E-state index contributed by atoms with van der Waals surface area (Å²) in [6, 6.07) is 4.25. The van der Waals surface area contributed by atoms with E-state index in [0.717, 1.165) is 12.8 Å². The number of carboxylic acids is 1. The molecule has 0 amide bonds. The van der Waals surface area contributed by atoms with Crippen LogP contribution in [0.25, 0.3) is 0 Å². The van der Waals surface area contributed by atoms with Gasteiger partial charge in [0.25, 0.3) is 0 Å². The predicted octanol–water partition coefficient (Wildman–Crippen LogP) is 2.98. The topological polar surface area (TPSA) is 37.3 Å². The number of aryl methyl sites for hydroxylation is 2. The summed E-state index contributed by atoms with van der Waals surface area (Å²) >= 11 is 0. The van der Waals surface area contributed by atoms with Crippen LogP contribution in [0.3, 0.4) is 0 Å².